The molecule has 1 rings (SSSR count). The van der Waals surface area contributed by atoms with Gasteiger partial charge in [-0.1, -0.05) is 0 Å². The van der Waals surface area contributed by atoms with Gasteiger partial charge < -0.3 is 19.3 Å². The Hall–Kier alpha value is -2.02. The highest BCUT2D eigenvalue weighted by molar-refractivity contribution is 9.10. The summed E-state index contributed by atoms with van der Waals surface area (Å²) in [5, 5.41) is 8.64. The highest BCUT2D eigenvalue weighted by Crippen LogP contribution is 2.37. The van der Waals surface area contributed by atoms with Crippen LogP contribution >= 0.6 is 15.9 Å². The summed E-state index contributed by atoms with van der Waals surface area (Å²) < 4.78 is 15.9. The zero-order chi connectivity index (χ0) is 15.8. The van der Waals surface area contributed by atoms with E-state index >= 15 is 0 Å². The van der Waals surface area contributed by atoms with Crippen molar-refractivity contribution in [1.82, 2.24) is 0 Å². The number of esters is 1. The number of benzene rings is 1. The highest BCUT2D eigenvalue weighted by Gasteiger charge is 2.13. The summed E-state index contributed by atoms with van der Waals surface area (Å²) in [7, 11) is 1.27. The first-order valence-electron chi connectivity index (χ1n) is 6.04. The minimum absolute atomic E-state index is 0.251. The Bertz CT molecular complexity index is 553. The van der Waals surface area contributed by atoms with Crippen LogP contribution in [0.2, 0.25) is 0 Å². The third-order valence-corrected chi connectivity index (χ3v) is 2.90. The lowest BCUT2D eigenvalue weighted by molar-refractivity contribution is -0.143. The number of hydrogen-bond donors (Lipinski definition) is 1. The molecule has 0 aromatic heterocycles. The summed E-state index contributed by atoms with van der Waals surface area (Å²) >= 11 is 3.31. The van der Waals surface area contributed by atoms with Crippen molar-refractivity contribution >= 4 is 33.9 Å². The van der Waals surface area contributed by atoms with Crippen molar-refractivity contribution in [1.29, 1.82) is 0 Å². The van der Waals surface area contributed by atoms with E-state index < -0.39 is 11.9 Å². The summed E-state index contributed by atoms with van der Waals surface area (Å²) in [5.74, 6) is -0.801. The van der Waals surface area contributed by atoms with E-state index in [9.17, 15) is 9.59 Å². The lowest BCUT2D eigenvalue weighted by Gasteiger charge is -2.14. The van der Waals surface area contributed by atoms with Crippen LogP contribution in [0.25, 0.3) is 6.08 Å². The molecule has 7 heteroatoms. The smallest absolute Gasteiger partial charge is 0.343 e. The Morgan fingerprint density at radius 3 is 2.62 bits per heavy atom. The Balaban J connectivity index is 3.06. The molecule has 0 saturated heterocycles. The maximum atomic E-state index is 11.1. The van der Waals surface area contributed by atoms with Gasteiger partial charge in [0.15, 0.2) is 18.1 Å². The molecule has 0 aliphatic heterocycles. The first-order valence-corrected chi connectivity index (χ1v) is 6.84. The fourth-order valence-corrected chi connectivity index (χ4v) is 2.02. The predicted octanol–water partition coefficient (Wildman–Crippen LogP) is 2.50. The largest absolute Gasteiger partial charge is 0.490 e. The number of carboxylic acid groups (broad SMARTS) is 1. The summed E-state index contributed by atoms with van der Waals surface area (Å²) in [6, 6.07) is 3.29. The molecule has 0 bridgehead atoms. The summed E-state index contributed by atoms with van der Waals surface area (Å²) in [6.45, 7) is 1.95. The van der Waals surface area contributed by atoms with Gasteiger partial charge >= 0.3 is 11.9 Å². The fraction of sp³-hybridized carbons (Fsp3) is 0.286. The minimum Gasteiger partial charge on any atom is -0.490 e. The molecule has 1 aromatic rings. The highest BCUT2D eigenvalue weighted by atomic mass is 79.9. The summed E-state index contributed by atoms with van der Waals surface area (Å²) in [4.78, 5) is 21.7. The number of methoxy groups -OCH3 is 1. The second-order valence-corrected chi connectivity index (χ2v) is 4.65. The van der Waals surface area contributed by atoms with Crippen molar-refractivity contribution in [3.63, 3.8) is 0 Å². The van der Waals surface area contributed by atoms with Crippen LogP contribution in [-0.2, 0) is 14.3 Å². The van der Waals surface area contributed by atoms with Gasteiger partial charge in [-0.25, -0.2) is 9.59 Å². The van der Waals surface area contributed by atoms with Crippen LogP contribution in [0.5, 0.6) is 11.5 Å². The van der Waals surface area contributed by atoms with Gasteiger partial charge in [0, 0.05) is 6.08 Å². The third kappa shape index (κ3) is 5.47. The molecular weight excluding hydrogens is 344 g/mol. The van der Waals surface area contributed by atoms with E-state index in [1.54, 1.807) is 19.1 Å². The minimum atomic E-state index is -1.05. The van der Waals surface area contributed by atoms with Crippen molar-refractivity contribution in [3.8, 4) is 11.5 Å². The zero-order valence-corrected chi connectivity index (χ0v) is 13.2. The van der Waals surface area contributed by atoms with E-state index in [-0.39, 0.29) is 6.61 Å². The molecule has 6 nitrogen and oxygen atoms in total. The first-order chi connectivity index (χ1) is 9.97. The Morgan fingerprint density at radius 2 is 2.05 bits per heavy atom. The van der Waals surface area contributed by atoms with Gasteiger partial charge in [0.2, 0.25) is 0 Å². The van der Waals surface area contributed by atoms with Gasteiger partial charge in [0.1, 0.15) is 0 Å². The lowest BCUT2D eigenvalue weighted by atomic mass is 10.2. The summed E-state index contributed by atoms with van der Waals surface area (Å²) in [6.07, 6.45) is 2.45. The van der Waals surface area contributed by atoms with Gasteiger partial charge in [-0.2, -0.15) is 0 Å². The van der Waals surface area contributed by atoms with E-state index in [1.165, 1.54) is 13.2 Å². The monoisotopic (exact) mass is 358 g/mol. The molecule has 0 amide bonds. The molecule has 0 unspecified atom stereocenters. The van der Waals surface area contributed by atoms with Gasteiger partial charge in [0.25, 0.3) is 0 Å². The van der Waals surface area contributed by atoms with E-state index in [2.05, 4.69) is 20.7 Å². The standard InChI is InChI=1S/C14H15BrO6/c1-3-20-11-7-9(4-5-12(16)17)6-10(15)14(11)21-8-13(18)19-2/h4-7H,3,8H2,1-2H3,(H,16,17)/b5-4+. The molecular formula is C14H15BrO6. The van der Waals surface area contributed by atoms with Crippen LogP contribution < -0.4 is 9.47 Å². The van der Waals surface area contributed by atoms with Crippen LogP contribution in [0, 0.1) is 0 Å². The number of carbonyl (C=O) groups is 2. The third-order valence-electron chi connectivity index (χ3n) is 2.31. The molecule has 1 N–H and O–H groups in total. The quantitative estimate of drug-likeness (QED) is 0.595. The number of hydrogen-bond acceptors (Lipinski definition) is 5. The van der Waals surface area contributed by atoms with Crippen molar-refractivity contribution < 1.29 is 28.9 Å². The molecule has 0 radical (unpaired) electrons. The van der Waals surface area contributed by atoms with E-state index in [4.69, 9.17) is 14.6 Å². The van der Waals surface area contributed by atoms with Crippen molar-refractivity contribution in [3.05, 3.63) is 28.2 Å². The van der Waals surface area contributed by atoms with E-state index in [0.29, 0.717) is 28.1 Å². The van der Waals surface area contributed by atoms with Gasteiger partial charge in [-0.05, 0) is 46.6 Å². The van der Waals surface area contributed by atoms with Crippen LogP contribution in [0.3, 0.4) is 0 Å². The molecule has 0 aliphatic carbocycles. The van der Waals surface area contributed by atoms with E-state index in [1.807, 2.05) is 0 Å². The molecule has 0 aliphatic rings. The van der Waals surface area contributed by atoms with Crippen LogP contribution in [0.15, 0.2) is 22.7 Å². The summed E-state index contributed by atoms with van der Waals surface area (Å²) in [5.41, 5.74) is 0.623. The fourth-order valence-electron chi connectivity index (χ4n) is 1.44. The second kappa shape index (κ2) is 8.31. The Kier molecular flexibility index (Phi) is 6.74. The van der Waals surface area contributed by atoms with Crippen LogP contribution in [0.4, 0.5) is 0 Å². The molecule has 21 heavy (non-hydrogen) atoms. The molecule has 1 aromatic carbocycles. The predicted molar refractivity (Wildman–Crippen MR) is 79.5 cm³/mol. The zero-order valence-electron chi connectivity index (χ0n) is 11.6. The number of halogens is 1. The average Bonchev–Trinajstić information content (AvgIpc) is 2.44. The number of aliphatic carboxylic acids is 1. The van der Waals surface area contributed by atoms with E-state index in [0.717, 1.165) is 6.08 Å². The maximum Gasteiger partial charge on any atom is 0.343 e. The molecule has 0 atom stereocenters. The topological polar surface area (TPSA) is 82.1 Å². The molecule has 0 saturated carbocycles. The normalized spacial score (nSPS) is 10.4. The van der Waals surface area contributed by atoms with Gasteiger partial charge in [0.05, 0.1) is 18.2 Å². The molecule has 0 heterocycles. The van der Waals surface area contributed by atoms with Crippen LogP contribution in [-0.4, -0.2) is 37.4 Å². The number of rotatable bonds is 7. The van der Waals surface area contributed by atoms with Crippen molar-refractivity contribution in [2.75, 3.05) is 20.3 Å². The first kappa shape index (κ1) is 17.0. The molecule has 0 fully saturated rings. The molecule has 114 valence electrons. The Morgan fingerprint density at radius 1 is 1.33 bits per heavy atom. The number of carboxylic acids is 1. The van der Waals surface area contributed by atoms with Crippen molar-refractivity contribution in [2.45, 2.75) is 6.92 Å². The maximum absolute atomic E-state index is 11.1. The van der Waals surface area contributed by atoms with Gasteiger partial charge in [-0.15, -0.1) is 0 Å². The Labute approximate surface area is 130 Å². The second-order valence-electron chi connectivity index (χ2n) is 3.80. The molecule has 0 spiro atoms. The van der Waals surface area contributed by atoms with Crippen LogP contribution in [0.1, 0.15) is 12.5 Å². The van der Waals surface area contributed by atoms with Gasteiger partial charge in [-0.3, -0.25) is 0 Å². The van der Waals surface area contributed by atoms with Crippen molar-refractivity contribution in [2.24, 2.45) is 0 Å². The SMILES string of the molecule is CCOc1cc(/C=C/C(=O)O)cc(Br)c1OCC(=O)OC. The number of carbonyl (C=O) groups excluding carboxylic acids is 1. The number of ether oxygens (including phenoxy) is 3. The lowest BCUT2D eigenvalue weighted by Crippen LogP contribution is -2.13. The average molecular weight is 359 g/mol.